The number of likely N-dealkylation sites (N-methyl/N-ethyl adjacent to an activating group) is 1. The molecule has 0 radical (unpaired) electrons. The number of hydrogen-bond acceptors (Lipinski definition) is 4. The topological polar surface area (TPSA) is 36.3 Å². The van der Waals surface area contributed by atoms with Crippen LogP contribution in [0.1, 0.15) is 17.0 Å². The van der Waals surface area contributed by atoms with E-state index in [9.17, 15) is 0 Å². The summed E-state index contributed by atoms with van der Waals surface area (Å²) in [6, 6.07) is 0. The molecule has 0 spiro atoms. The van der Waals surface area contributed by atoms with Gasteiger partial charge < -0.3 is 10.2 Å². The van der Waals surface area contributed by atoms with Crippen LogP contribution in [0.25, 0.3) is 0 Å². The van der Waals surface area contributed by atoms with Crippen LogP contribution in [-0.4, -0.2) is 65.9 Å². The Bertz CT molecular complexity index is 404. The average Bonchev–Trinajstić information content (AvgIpc) is 2.62. The van der Waals surface area contributed by atoms with Crippen molar-refractivity contribution in [2.45, 2.75) is 20.4 Å². The molecular formula is C14H27N5. The highest BCUT2D eigenvalue weighted by Crippen LogP contribution is 2.10. The molecule has 108 valence electrons. The highest BCUT2D eigenvalue weighted by molar-refractivity contribution is 5.23. The lowest BCUT2D eigenvalue weighted by Crippen LogP contribution is -2.46. The zero-order valence-electron chi connectivity index (χ0n) is 12.7. The van der Waals surface area contributed by atoms with E-state index in [1.807, 2.05) is 11.7 Å². The first kappa shape index (κ1) is 14.5. The summed E-state index contributed by atoms with van der Waals surface area (Å²) in [6.45, 7) is 12.1. The molecule has 1 saturated heterocycles. The van der Waals surface area contributed by atoms with Crippen molar-refractivity contribution in [2.75, 3.05) is 46.3 Å². The molecule has 1 aromatic heterocycles. The summed E-state index contributed by atoms with van der Waals surface area (Å²) >= 11 is 0. The Morgan fingerprint density at radius 1 is 1.11 bits per heavy atom. The molecule has 0 unspecified atom stereocenters. The number of nitrogens with one attached hydrogen (secondary N) is 1. The summed E-state index contributed by atoms with van der Waals surface area (Å²) in [7, 11) is 4.21. The van der Waals surface area contributed by atoms with Gasteiger partial charge in [-0.15, -0.1) is 0 Å². The lowest BCUT2D eigenvalue weighted by atomic mass is 10.2. The number of aryl methyl sites for hydroxylation is 2. The highest BCUT2D eigenvalue weighted by atomic mass is 15.3. The van der Waals surface area contributed by atoms with Crippen molar-refractivity contribution in [3.63, 3.8) is 0 Å². The molecule has 2 rings (SSSR count). The van der Waals surface area contributed by atoms with Gasteiger partial charge >= 0.3 is 0 Å². The average molecular weight is 265 g/mol. The molecule has 1 aliphatic heterocycles. The number of piperazine rings is 1. The zero-order chi connectivity index (χ0) is 13.8. The molecule has 2 heterocycles. The second-order valence-corrected chi connectivity index (χ2v) is 5.59. The van der Waals surface area contributed by atoms with Gasteiger partial charge in [-0.25, -0.2) is 0 Å². The van der Waals surface area contributed by atoms with Crippen molar-refractivity contribution in [3.05, 3.63) is 17.0 Å². The van der Waals surface area contributed by atoms with E-state index in [0.717, 1.165) is 25.3 Å². The van der Waals surface area contributed by atoms with Crippen LogP contribution in [0.4, 0.5) is 0 Å². The third-order valence-electron chi connectivity index (χ3n) is 4.16. The van der Waals surface area contributed by atoms with Gasteiger partial charge in [0.15, 0.2) is 0 Å². The first-order chi connectivity index (χ1) is 9.08. The highest BCUT2D eigenvalue weighted by Gasteiger charge is 2.13. The minimum absolute atomic E-state index is 0.930. The van der Waals surface area contributed by atoms with E-state index in [0.29, 0.717) is 0 Å². The van der Waals surface area contributed by atoms with Crippen LogP contribution in [0.5, 0.6) is 0 Å². The van der Waals surface area contributed by atoms with Crippen LogP contribution in [-0.2, 0) is 13.6 Å². The first-order valence-corrected chi connectivity index (χ1v) is 7.18. The number of rotatable bonds is 5. The normalized spacial score (nSPS) is 18.1. The molecule has 0 atom stereocenters. The predicted molar refractivity (Wildman–Crippen MR) is 78.3 cm³/mol. The van der Waals surface area contributed by atoms with Gasteiger partial charge in [0.25, 0.3) is 0 Å². The minimum atomic E-state index is 0.930. The van der Waals surface area contributed by atoms with Crippen LogP contribution in [0.2, 0.25) is 0 Å². The summed E-state index contributed by atoms with van der Waals surface area (Å²) in [6.07, 6.45) is 0. The zero-order valence-corrected chi connectivity index (χ0v) is 12.7. The second kappa shape index (κ2) is 6.50. The summed E-state index contributed by atoms with van der Waals surface area (Å²) < 4.78 is 1.97. The Morgan fingerprint density at radius 3 is 2.37 bits per heavy atom. The van der Waals surface area contributed by atoms with E-state index < -0.39 is 0 Å². The molecule has 1 aliphatic rings. The number of nitrogens with zero attached hydrogens (tertiary/aromatic N) is 4. The Hall–Kier alpha value is -0.910. The molecule has 0 bridgehead atoms. The third-order valence-corrected chi connectivity index (χ3v) is 4.16. The maximum Gasteiger partial charge on any atom is 0.0641 e. The molecule has 0 amide bonds. The van der Waals surface area contributed by atoms with Gasteiger partial charge in [0.2, 0.25) is 0 Å². The number of hydrogen-bond donors (Lipinski definition) is 1. The van der Waals surface area contributed by atoms with Crippen LogP contribution in [0.15, 0.2) is 0 Å². The van der Waals surface area contributed by atoms with Crippen molar-refractivity contribution < 1.29 is 0 Å². The maximum absolute atomic E-state index is 4.45. The van der Waals surface area contributed by atoms with Crippen LogP contribution >= 0.6 is 0 Å². The van der Waals surface area contributed by atoms with Crippen molar-refractivity contribution in [3.8, 4) is 0 Å². The maximum atomic E-state index is 4.45. The molecule has 5 nitrogen and oxygen atoms in total. The fourth-order valence-electron chi connectivity index (χ4n) is 2.60. The fourth-order valence-corrected chi connectivity index (χ4v) is 2.60. The van der Waals surface area contributed by atoms with E-state index in [1.165, 1.54) is 37.4 Å². The Morgan fingerprint density at radius 2 is 1.79 bits per heavy atom. The van der Waals surface area contributed by atoms with Crippen molar-refractivity contribution in [1.29, 1.82) is 0 Å². The molecule has 1 fully saturated rings. The lowest BCUT2D eigenvalue weighted by molar-refractivity contribution is 0.154. The van der Waals surface area contributed by atoms with Crippen LogP contribution < -0.4 is 5.32 Å². The molecule has 1 N–H and O–H groups in total. The summed E-state index contributed by atoms with van der Waals surface area (Å²) in [4.78, 5) is 4.93. The largest absolute Gasteiger partial charge is 0.311 e. The van der Waals surface area contributed by atoms with Crippen LogP contribution in [0, 0.1) is 13.8 Å². The van der Waals surface area contributed by atoms with Gasteiger partial charge in [-0.3, -0.25) is 9.58 Å². The quantitative estimate of drug-likeness (QED) is 0.781. The third kappa shape index (κ3) is 3.78. The van der Waals surface area contributed by atoms with E-state index in [-0.39, 0.29) is 0 Å². The molecule has 19 heavy (non-hydrogen) atoms. The summed E-state index contributed by atoms with van der Waals surface area (Å²) in [5, 5.41) is 7.99. The van der Waals surface area contributed by atoms with Gasteiger partial charge in [0, 0.05) is 64.1 Å². The second-order valence-electron chi connectivity index (χ2n) is 5.59. The molecule has 1 aromatic rings. The summed E-state index contributed by atoms with van der Waals surface area (Å²) in [5.41, 5.74) is 3.76. The summed E-state index contributed by atoms with van der Waals surface area (Å²) in [5.74, 6) is 0. The molecule has 0 aromatic carbocycles. The molecular weight excluding hydrogens is 238 g/mol. The molecule has 0 saturated carbocycles. The van der Waals surface area contributed by atoms with Gasteiger partial charge in [0.1, 0.15) is 0 Å². The molecule has 0 aliphatic carbocycles. The monoisotopic (exact) mass is 265 g/mol. The van der Waals surface area contributed by atoms with E-state index in [1.54, 1.807) is 0 Å². The molecule has 5 heteroatoms. The lowest BCUT2D eigenvalue weighted by Gasteiger charge is -2.32. The van der Waals surface area contributed by atoms with E-state index in [2.05, 4.69) is 41.1 Å². The van der Waals surface area contributed by atoms with Gasteiger partial charge in [-0.2, -0.15) is 5.10 Å². The predicted octanol–water partition coefficient (Wildman–Crippen LogP) is 0.374. The van der Waals surface area contributed by atoms with Gasteiger partial charge in [-0.1, -0.05) is 0 Å². The van der Waals surface area contributed by atoms with Gasteiger partial charge in [-0.05, 0) is 20.9 Å². The van der Waals surface area contributed by atoms with E-state index in [4.69, 9.17) is 0 Å². The van der Waals surface area contributed by atoms with Gasteiger partial charge in [0.05, 0.1) is 5.69 Å². The van der Waals surface area contributed by atoms with Crippen molar-refractivity contribution in [1.82, 2.24) is 24.9 Å². The smallest absolute Gasteiger partial charge is 0.0641 e. The standard InChI is InChI=1S/C14H27N5/c1-12-14(13(2)18(4)16-12)11-15-5-6-19-9-7-17(3)8-10-19/h15H,5-11H2,1-4H3. The Kier molecular flexibility index (Phi) is 4.96. The van der Waals surface area contributed by atoms with Crippen LogP contribution in [0.3, 0.4) is 0 Å². The fraction of sp³-hybridized carbons (Fsp3) is 0.786. The number of aromatic nitrogens is 2. The Balaban J connectivity index is 1.69. The Labute approximate surface area is 116 Å². The van der Waals surface area contributed by atoms with Crippen molar-refractivity contribution in [2.24, 2.45) is 7.05 Å². The minimum Gasteiger partial charge on any atom is -0.311 e. The first-order valence-electron chi connectivity index (χ1n) is 7.18. The van der Waals surface area contributed by atoms with E-state index >= 15 is 0 Å². The van der Waals surface area contributed by atoms with Crippen molar-refractivity contribution >= 4 is 0 Å². The SMILES string of the molecule is Cc1nn(C)c(C)c1CNCCN1CCN(C)CC1.